The summed E-state index contributed by atoms with van der Waals surface area (Å²) in [6.45, 7) is 5.64. The van der Waals surface area contributed by atoms with Crippen molar-refractivity contribution in [2.24, 2.45) is 5.92 Å². The van der Waals surface area contributed by atoms with Crippen LogP contribution >= 0.6 is 0 Å². The lowest BCUT2D eigenvalue weighted by atomic mass is 9.99. The van der Waals surface area contributed by atoms with Crippen LogP contribution in [0.15, 0.2) is 28.7 Å². The van der Waals surface area contributed by atoms with Crippen molar-refractivity contribution in [2.75, 3.05) is 5.32 Å². The van der Waals surface area contributed by atoms with Crippen molar-refractivity contribution in [1.82, 2.24) is 9.97 Å². The Balaban J connectivity index is 2.15. The first kappa shape index (κ1) is 15.3. The third kappa shape index (κ3) is 2.72. The predicted octanol–water partition coefficient (Wildman–Crippen LogP) is 3.60. The molecule has 3 rings (SSSR count). The molecular weight excluding hydrogens is 294 g/mol. The number of hydrogen-bond donors (Lipinski definition) is 2. The summed E-state index contributed by atoms with van der Waals surface area (Å²) in [6, 6.07) is 6.86. The zero-order valence-electron chi connectivity index (χ0n) is 13.3. The normalized spacial score (nSPS) is 14.0. The molecule has 0 amide bonds. The van der Waals surface area contributed by atoms with E-state index in [1.165, 1.54) is 0 Å². The molecule has 2 aromatic heterocycles. The molecular formula is C17H19N3O3. The minimum atomic E-state index is -0.903. The van der Waals surface area contributed by atoms with Gasteiger partial charge in [0.15, 0.2) is 11.4 Å². The van der Waals surface area contributed by atoms with Crippen molar-refractivity contribution < 1.29 is 14.3 Å². The fraction of sp³-hybridized carbons (Fsp3) is 0.353. The van der Waals surface area contributed by atoms with E-state index in [0.29, 0.717) is 28.3 Å². The van der Waals surface area contributed by atoms with Gasteiger partial charge in [0.05, 0.1) is 0 Å². The monoisotopic (exact) mass is 313 g/mol. The number of para-hydroxylation sites is 1. The summed E-state index contributed by atoms with van der Waals surface area (Å²) in [6.07, 6.45) is 0.747. The molecule has 23 heavy (non-hydrogen) atoms. The predicted molar refractivity (Wildman–Crippen MR) is 88.5 cm³/mol. The Labute approximate surface area is 133 Å². The maximum absolute atomic E-state index is 11.6. The molecule has 2 heterocycles. The number of nitrogens with zero attached hydrogens (tertiary/aromatic N) is 2. The standard InChI is InChI=1S/C17H19N3O3/c1-4-9(2)13(17(21)22)20-16-15-14(18-10(3)19-16)11-7-5-6-8-12(11)23-15/h5-9,13H,4H2,1-3H3,(H,21,22)(H,18,19,20)/t9-,13+/m1/s1. The van der Waals surface area contributed by atoms with E-state index in [2.05, 4.69) is 15.3 Å². The third-order valence-electron chi connectivity index (χ3n) is 4.10. The Morgan fingerprint density at radius 1 is 1.35 bits per heavy atom. The van der Waals surface area contributed by atoms with Gasteiger partial charge in [0.2, 0.25) is 0 Å². The van der Waals surface area contributed by atoms with Gasteiger partial charge >= 0.3 is 5.97 Å². The van der Waals surface area contributed by atoms with Crippen molar-refractivity contribution >= 4 is 33.9 Å². The maximum atomic E-state index is 11.6. The number of benzene rings is 1. The summed E-state index contributed by atoms with van der Waals surface area (Å²) in [4.78, 5) is 20.4. The topological polar surface area (TPSA) is 88.3 Å². The number of furan rings is 1. The van der Waals surface area contributed by atoms with Gasteiger partial charge in [0.1, 0.15) is 23.0 Å². The van der Waals surface area contributed by atoms with Gasteiger partial charge in [0, 0.05) is 5.39 Å². The molecule has 6 heteroatoms. The van der Waals surface area contributed by atoms with Crippen LogP contribution in [-0.2, 0) is 4.79 Å². The number of aromatic nitrogens is 2. The average molecular weight is 313 g/mol. The van der Waals surface area contributed by atoms with Crippen molar-refractivity contribution in [1.29, 1.82) is 0 Å². The summed E-state index contributed by atoms with van der Waals surface area (Å²) in [5, 5.41) is 13.4. The molecule has 0 radical (unpaired) electrons. The van der Waals surface area contributed by atoms with E-state index >= 15 is 0 Å². The summed E-state index contributed by atoms with van der Waals surface area (Å²) in [5.74, 6) is 0.0540. The first-order chi connectivity index (χ1) is 11.0. The molecule has 2 N–H and O–H groups in total. The lowest BCUT2D eigenvalue weighted by Crippen LogP contribution is -2.35. The number of fused-ring (bicyclic) bond motifs is 3. The largest absolute Gasteiger partial charge is 0.480 e. The molecule has 6 nitrogen and oxygen atoms in total. The van der Waals surface area contributed by atoms with E-state index in [1.807, 2.05) is 38.1 Å². The summed E-state index contributed by atoms with van der Waals surface area (Å²) < 4.78 is 5.85. The second-order valence-electron chi connectivity index (χ2n) is 5.74. The quantitative estimate of drug-likeness (QED) is 0.748. The Bertz CT molecular complexity index is 872. The number of aryl methyl sites for hydroxylation is 1. The molecule has 0 spiro atoms. The average Bonchev–Trinajstić information content (AvgIpc) is 2.90. The number of carboxylic acids is 1. The molecule has 0 aliphatic carbocycles. The summed E-state index contributed by atoms with van der Waals surface area (Å²) in [7, 11) is 0. The van der Waals surface area contributed by atoms with Crippen molar-refractivity contribution in [2.45, 2.75) is 33.2 Å². The highest BCUT2D eigenvalue weighted by molar-refractivity contribution is 6.05. The maximum Gasteiger partial charge on any atom is 0.326 e. The molecule has 0 unspecified atom stereocenters. The van der Waals surface area contributed by atoms with E-state index in [9.17, 15) is 9.90 Å². The van der Waals surface area contributed by atoms with Crippen LogP contribution in [0.1, 0.15) is 26.1 Å². The minimum Gasteiger partial charge on any atom is -0.480 e. The number of anilines is 1. The Morgan fingerprint density at radius 3 is 2.78 bits per heavy atom. The Kier molecular flexibility index (Phi) is 3.90. The van der Waals surface area contributed by atoms with Crippen LogP contribution in [0.4, 0.5) is 5.82 Å². The van der Waals surface area contributed by atoms with Gasteiger partial charge in [0.25, 0.3) is 0 Å². The fourth-order valence-electron chi connectivity index (χ4n) is 2.63. The molecule has 0 saturated heterocycles. The number of aliphatic carboxylic acids is 1. The second-order valence-corrected chi connectivity index (χ2v) is 5.74. The molecule has 1 aromatic carbocycles. The van der Waals surface area contributed by atoms with Crippen LogP contribution in [0.3, 0.4) is 0 Å². The number of nitrogens with one attached hydrogen (secondary N) is 1. The fourth-order valence-corrected chi connectivity index (χ4v) is 2.63. The van der Waals surface area contributed by atoms with Gasteiger partial charge < -0.3 is 14.8 Å². The van der Waals surface area contributed by atoms with Gasteiger partial charge in [-0.3, -0.25) is 0 Å². The third-order valence-corrected chi connectivity index (χ3v) is 4.10. The zero-order chi connectivity index (χ0) is 16.6. The van der Waals surface area contributed by atoms with Crippen LogP contribution in [0.25, 0.3) is 22.1 Å². The van der Waals surface area contributed by atoms with E-state index in [4.69, 9.17) is 4.42 Å². The first-order valence-electron chi connectivity index (χ1n) is 7.66. The summed E-state index contributed by atoms with van der Waals surface area (Å²) in [5.41, 5.74) is 1.90. The molecule has 0 bridgehead atoms. The van der Waals surface area contributed by atoms with E-state index in [1.54, 1.807) is 6.92 Å². The number of rotatable bonds is 5. The highest BCUT2D eigenvalue weighted by atomic mass is 16.4. The number of carbonyl (C=O) groups is 1. The highest BCUT2D eigenvalue weighted by Gasteiger charge is 2.26. The Hall–Kier alpha value is -2.63. The number of hydrogen-bond acceptors (Lipinski definition) is 5. The van der Waals surface area contributed by atoms with Gasteiger partial charge in [-0.05, 0) is 25.0 Å². The van der Waals surface area contributed by atoms with Gasteiger partial charge in [-0.25, -0.2) is 14.8 Å². The lowest BCUT2D eigenvalue weighted by Gasteiger charge is -2.20. The van der Waals surface area contributed by atoms with Crippen LogP contribution in [0, 0.1) is 12.8 Å². The SMILES string of the molecule is CC[C@@H](C)[C@H](Nc1nc(C)nc2c1oc1ccccc12)C(=O)O. The summed E-state index contributed by atoms with van der Waals surface area (Å²) >= 11 is 0. The van der Waals surface area contributed by atoms with Crippen molar-refractivity contribution in [3.05, 3.63) is 30.1 Å². The molecule has 120 valence electrons. The van der Waals surface area contributed by atoms with Crippen LogP contribution in [0.2, 0.25) is 0 Å². The van der Waals surface area contributed by atoms with Gasteiger partial charge in [-0.2, -0.15) is 0 Å². The smallest absolute Gasteiger partial charge is 0.326 e. The van der Waals surface area contributed by atoms with Gasteiger partial charge in [-0.15, -0.1) is 0 Å². The number of carboxylic acid groups (broad SMARTS) is 1. The highest BCUT2D eigenvalue weighted by Crippen LogP contribution is 2.31. The van der Waals surface area contributed by atoms with E-state index in [0.717, 1.165) is 11.8 Å². The molecule has 3 aromatic rings. The molecule has 0 saturated carbocycles. The Morgan fingerprint density at radius 2 is 2.09 bits per heavy atom. The van der Waals surface area contributed by atoms with E-state index < -0.39 is 12.0 Å². The minimum absolute atomic E-state index is 0.0396. The molecule has 2 atom stereocenters. The first-order valence-corrected chi connectivity index (χ1v) is 7.66. The van der Waals surface area contributed by atoms with Crippen molar-refractivity contribution in [3.63, 3.8) is 0 Å². The zero-order valence-corrected chi connectivity index (χ0v) is 13.3. The van der Waals surface area contributed by atoms with E-state index in [-0.39, 0.29) is 5.92 Å². The second kappa shape index (κ2) is 5.87. The molecule has 0 fully saturated rings. The van der Waals surface area contributed by atoms with Gasteiger partial charge in [-0.1, -0.05) is 32.4 Å². The van der Waals surface area contributed by atoms with Crippen LogP contribution < -0.4 is 5.32 Å². The van der Waals surface area contributed by atoms with Crippen LogP contribution in [0.5, 0.6) is 0 Å². The van der Waals surface area contributed by atoms with Crippen molar-refractivity contribution in [3.8, 4) is 0 Å². The molecule has 0 aliphatic rings. The van der Waals surface area contributed by atoms with Crippen LogP contribution in [-0.4, -0.2) is 27.1 Å². The lowest BCUT2D eigenvalue weighted by molar-refractivity contribution is -0.139. The molecule has 0 aliphatic heterocycles.